The molecule has 92 valence electrons. The largest absolute Gasteiger partial charge is 0.345 e. The maximum absolute atomic E-state index is 5.49. The Bertz CT molecular complexity index is 264. The van der Waals surface area contributed by atoms with Crippen molar-refractivity contribution in [3.8, 4) is 0 Å². The van der Waals surface area contributed by atoms with E-state index in [1.165, 1.54) is 25.7 Å². The number of fused-ring (bicyclic) bond motifs is 2. The zero-order valence-corrected chi connectivity index (χ0v) is 10.4. The molecule has 0 aromatic heterocycles. The lowest BCUT2D eigenvalue weighted by molar-refractivity contribution is 0.272. The molecule has 0 aliphatic heterocycles. The molecule has 4 heteroatoms. The van der Waals surface area contributed by atoms with Crippen LogP contribution in [0.2, 0.25) is 0 Å². The highest BCUT2D eigenvalue weighted by Gasteiger charge is 2.39. The van der Waals surface area contributed by atoms with Gasteiger partial charge in [0.1, 0.15) is 0 Å². The van der Waals surface area contributed by atoms with E-state index in [-0.39, 0.29) is 0 Å². The Kier molecular flexibility index (Phi) is 3.69. The number of nitrogens with two attached hydrogens (primary N) is 1. The summed E-state index contributed by atoms with van der Waals surface area (Å²) in [5, 5.41) is 0. The van der Waals surface area contributed by atoms with Crippen LogP contribution < -0.4 is 11.3 Å². The molecule has 2 saturated carbocycles. The summed E-state index contributed by atoms with van der Waals surface area (Å²) in [6, 6.07) is 0. The van der Waals surface area contributed by atoms with Crippen molar-refractivity contribution in [2.45, 2.75) is 32.6 Å². The maximum Gasteiger partial charge on any atom is 0.208 e. The molecule has 0 saturated heterocycles. The second kappa shape index (κ2) is 5.04. The van der Waals surface area contributed by atoms with Crippen molar-refractivity contribution in [2.24, 2.45) is 28.6 Å². The van der Waals surface area contributed by atoms with Gasteiger partial charge in [-0.15, -0.1) is 0 Å². The first kappa shape index (κ1) is 11.7. The van der Waals surface area contributed by atoms with E-state index in [1.54, 1.807) is 0 Å². The molecule has 0 aromatic rings. The second-order valence-corrected chi connectivity index (χ2v) is 5.26. The van der Waals surface area contributed by atoms with Gasteiger partial charge in [-0.25, -0.2) is 5.84 Å². The molecule has 2 fully saturated rings. The lowest BCUT2D eigenvalue weighted by Crippen LogP contribution is -2.45. The first-order chi connectivity index (χ1) is 7.74. The molecule has 0 radical (unpaired) electrons. The van der Waals surface area contributed by atoms with E-state index in [9.17, 15) is 0 Å². The van der Waals surface area contributed by atoms with Crippen molar-refractivity contribution < 1.29 is 0 Å². The third-order valence-corrected chi connectivity index (χ3v) is 4.19. The Hall–Kier alpha value is -0.770. The summed E-state index contributed by atoms with van der Waals surface area (Å²) in [4.78, 5) is 6.53. The van der Waals surface area contributed by atoms with Crippen molar-refractivity contribution >= 4 is 5.96 Å². The van der Waals surface area contributed by atoms with E-state index in [2.05, 4.69) is 22.4 Å². The quantitative estimate of drug-likeness (QED) is 0.328. The smallest absolute Gasteiger partial charge is 0.208 e. The number of hydrogen-bond donors (Lipinski definition) is 2. The van der Waals surface area contributed by atoms with Gasteiger partial charge in [0.15, 0.2) is 0 Å². The molecule has 16 heavy (non-hydrogen) atoms. The standard InChI is InChI=1S/C12H24N4/c1-3-14-12(15-13)16(2)8-11-7-9-4-5-10(11)6-9/h9-11H,3-8,13H2,1-2H3,(H,14,15). The Morgan fingerprint density at radius 3 is 2.75 bits per heavy atom. The first-order valence-corrected chi connectivity index (χ1v) is 6.46. The van der Waals surface area contributed by atoms with Crippen LogP contribution in [-0.4, -0.2) is 31.0 Å². The maximum atomic E-state index is 5.49. The van der Waals surface area contributed by atoms with Crippen molar-refractivity contribution in [1.29, 1.82) is 0 Å². The second-order valence-electron chi connectivity index (χ2n) is 5.26. The number of aliphatic imine (C=N–C) groups is 1. The van der Waals surface area contributed by atoms with E-state index in [0.717, 1.165) is 36.8 Å². The molecule has 3 atom stereocenters. The fraction of sp³-hybridized carbons (Fsp3) is 0.917. The van der Waals surface area contributed by atoms with Crippen LogP contribution in [0.1, 0.15) is 32.6 Å². The predicted molar refractivity (Wildman–Crippen MR) is 66.9 cm³/mol. The molecule has 3 unspecified atom stereocenters. The molecule has 2 aliphatic rings. The van der Waals surface area contributed by atoms with Crippen molar-refractivity contribution in [3.05, 3.63) is 0 Å². The monoisotopic (exact) mass is 224 g/mol. The highest BCUT2D eigenvalue weighted by Crippen LogP contribution is 2.48. The molecule has 2 rings (SSSR count). The Morgan fingerprint density at radius 1 is 1.44 bits per heavy atom. The topological polar surface area (TPSA) is 53.6 Å². The summed E-state index contributed by atoms with van der Waals surface area (Å²) in [6.07, 6.45) is 5.79. The number of nitrogens with one attached hydrogen (secondary N) is 1. The lowest BCUT2D eigenvalue weighted by Gasteiger charge is -2.28. The van der Waals surface area contributed by atoms with E-state index >= 15 is 0 Å². The summed E-state index contributed by atoms with van der Waals surface area (Å²) >= 11 is 0. The van der Waals surface area contributed by atoms with Gasteiger partial charge in [0.25, 0.3) is 0 Å². The zero-order valence-electron chi connectivity index (χ0n) is 10.4. The minimum Gasteiger partial charge on any atom is -0.345 e. The molecule has 2 aliphatic carbocycles. The number of guanidine groups is 1. The highest BCUT2D eigenvalue weighted by molar-refractivity contribution is 5.79. The molecule has 3 N–H and O–H groups in total. The summed E-state index contributed by atoms with van der Waals surface area (Å²) in [6.45, 7) is 3.91. The van der Waals surface area contributed by atoms with Crippen molar-refractivity contribution in [1.82, 2.24) is 10.3 Å². The molecule has 0 heterocycles. The van der Waals surface area contributed by atoms with Crippen LogP contribution in [0.15, 0.2) is 4.99 Å². The molecule has 2 bridgehead atoms. The number of hydrazine groups is 1. The van der Waals surface area contributed by atoms with E-state index in [4.69, 9.17) is 5.84 Å². The summed E-state index contributed by atoms with van der Waals surface area (Å²) in [5.74, 6) is 9.15. The Morgan fingerprint density at radius 2 is 2.25 bits per heavy atom. The fourth-order valence-corrected chi connectivity index (χ4v) is 3.46. The molecule has 0 spiro atoms. The van der Waals surface area contributed by atoms with E-state index < -0.39 is 0 Å². The normalized spacial score (nSPS) is 33.2. The van der Waals surface area contributed by atoms with Crippen LogP contribution in [-0.2, 0) is 0 Å². The minimum absolute atomic E-state index is 0.778. The van der Waals surface area contributed by atoms with Crippen LogP contribution in [0.4, 0.5) is 0 Å². The average molecular weight is 224 g/mol. The first-order valence-electron chi connectivity index (χ1n) is 6.46. The third-order valence-electron chi connectivity index (χ3n) is 4.19. The molecular weight excluding hydrogens is 200 g/mol. The summed E-state index contributed by atoms with van der Waals surface area (Å²) < 4.78 is 0. The number of rotatable bonds is 3. The predicted octanol–water partition coefficient (Wildman–Crippen LogP) is 1.19. The van der Waals surface area contributed by atoms with Gasteiger partial charge < -0.3 is 4.90 Å². The fourth-order valence-electron chi connectivity index (χ4n) is 3.46. The van der Waals surface area contributed by atoms with Crippen molar-refractivity contribution in [2.75, 3.05) is 20.1 Å². The van der Waals surface area contributed by atoms with Crippen LogP contribution >= 0.6 is 0 Å². The minimum atomic E-state index is 0.778. The highest BCUT2D eigenvalue weighted by atomic mass is 15.4. The van der Waals surface area contributed by atoms with E-state index in [0.29, 0.717) is 0 Å². The van der Waals surface area contributed by atoms with Gasteiger partial charge in [0, 0.05) is 20.1 Å². The van der Waals surface area contributed by atoms with Gasteiger partial charge in [0.2, 0.25) is 5.96 Å². The zero-order chi connectivity index (χ0) is 11.5. The van der Waals surface area contributed by atoms with E-state index in [1.807, 2.05) is 6.92 Å². The summed E-state index contributed by atoms with van der Waals surface area (Å²) in [5.41, 5.74) is 2.70. The van der Waals surface area contributed by atoms with Gasteiger partial charge in [-0.3, -0.25) is 10.4 Å². The number of hydrogen-bond acceptors (Lipinski definition) is 2. The molecule has 0 aromatic carbocycles. The van der Waals surface area contributed by atoms with Crippen LogP contribution in [0.3, 0.4) is 0 Å². The van der Waals surface area contributed by atoms with Crippen LogP contribution in [0.5, 0.6) is 0 Å². The van der Waals surface area contributed by atoms with Gasteiger partial charge in [-0.05, 0) is 43.9 Å². The summed E-state index contributed by atoms with van der Waals surface area (Å²) in [7, 11) is 2.08. The number of nitrogens with zero attached hydrogens (tertiary/aromatic N) is 2. The average Bonchev–Trinajstić information content (AvgIpc) is 2.87. The van der Waals surface area contributed by atoms with Crippen LogP contribution in [0, 0.1) is 17.8 Å². The molecule has 0 amide bonds. The molecular formula is C12H24N4. The SMILES string of the molecule is CCN=C(NN)N(C)CC1CC2CCC1C2. The van der Waals surface area contributed by atoms with Gasteiger partial charge in [0.05, 0.1) is 0 Å². The van der Waals surface area contributed by atoms with Crippen molar-refractivity contribution in [3.63, 3.8) is 0 Å². The Balaban J connectivity index is 1.87. The Labute approximate surface area is 98.3 Å². The van der Waals surface area contributed by atoms with Gasteiger partial charge in [-0.2, -0.15) is 0 Å². The third kappa shape index (κ3) is 2.32. The van der Waals surface area contributed by atoms with Gasteiger partial charge >= 0.3 is 0 Å². The van der Waals surface area contributed by atoms with Gasteiger partial charge in [-0.1, -0.05) is 6.42 Å². The molecule has 4 nitrogen and oxygen atoms in total. The van der Waals surface area contributed by atoms with Crippen LogP contribution in [0.25, 0.3) is 0 Å². The lowest BCUT2D eigenvalue weighted by atomic mass is 9.88.